The van der Waals surface area contributed by atoms with E-state index in [1.807, 2.05) is 19.1 Å². The van der Waals surface area contributed by atoms with Crippen LogP contribution >= 0.6 is 11.8 Å². The smallest absolute Gasteiger partial charge is 0.247 e. The second-order valence-electron chi connectivity index (χ2n) is 6.24. The first-order valence-electron chi connectivity index (χ1n) is 8.55. The number of hydrogen-bond acceptors (Lipinski definition) is 4. The molecule has 1 saturated heterocycles. The molecule has 1 atom stereocenters. The predicted octanol–water partition coefficient (Wildman–Crippen LogP) is 3.53. The molecule has 0 radical (unpaired) electrons. The van der Waals surface area contributed by atoms with Gasteiger partial charge in [-0.3, -0.25) is 14.4 Å². The molecule has 0 aliphatic carbocycles. The molecule has 0 aromatic heterocycles. The summed E-state index contributed by atoms with van der Waals surface area (Å²) in [6.45, 7) is 1.93. The second-order valence-corrected chi connectivity index (χ2v) is 7.56. The zero-order valence-electron chi connectivity index (χ0n) is 14.8. The Kier molecular flexibility index (Phi) is 5.91. The summed E-state index contributed by atoms with van der Waals surface area (Å²) >= 11 is 1.27. The minimum atomic E-state index is -0.500. The Morgan fingerprint density at radius 3 is 2.59 bits per heavy atom. The van der Waals surface area contributed by atoms with Gasteiger partial charge in [0, 0.05) is 18.6 Å². The molecular weight excluding hydrogens is 367 g/mol. The molecule has 1 unspecified atom stereocenters. The van der Waals surface area contributed by atoms with Crippen LogP contribution in [0.25, 0.3) is 0 Å². The number of hydrogen-bond donors (Lipinski definition) is 1. The molecule has 1 heterocycles. The minimum Gasteiger partial charge on any atom is -0.324 e. The summed E-state index contributed by atoms with van der Waals surface area (Å²) in [7, 11) is 0. The molecule has 27 heavy (non-hydrogen) atoms. The number of para-hydroxylation sites is 1. The molecule has 0 spiro atoms. The van der Waals surface area contributed by atoms with Crippen LogP contribution in [0.5, 0.6) is 0 Å². The zero-order chi connectivity index (χ0) is 19.4. The Bertz CT molecular complexity index is 870. The van der Waals surface area contributed by atoms with Crippen molar-refractivity contribution in [3.8, 4) is 0 Å². The number of anilines is 2. The van der Waals surface area contributed by atoms with E-state index in [9.17, 15) is 18.8 Å². The first kappa shape index (κ1) is 19.1. The molecule has 1 fully saturated rings. The summed E-state index contributed by atoms with van der Waals surface area (Å²) in [4.78, 5) is 37.9. The Labute approximate surface area is 160 Å². The molecule has 140 valence electrons. The van der Waals surface area contributed by atoms with Crippen LogP contribution in [0.15, 0.2) is 48.5 Å². The van der Waals surface area contributed by atoms with Gasteiger partial charge in [-0.15, -0.1) is 11.8 Å². The van der Waals surface area contributed by atoms with Gasteiger partial charge in [0.25, 0.3) is 0 Å². The maximum Gasteiger partial charge on any atom is 0.247 e. The molecule has 5 nitrogen and oxygen atoms in total. The van der Waals surface area contributed by atoms with Crippen LogP contribution in [0.2, 0.25) is 0 Å². The zero-order valence-corrected chi connectivity index (χ0v) is 15.6. The van der Waals surface area contributed by atoms with Crippen molar-refractivity contribution in [1.29, 1.82) is 0 Å². The van der Waals surface area contributed by atoms with Crippen LogP contribution in [0.3, 0.4) is 0 Å². The maximum atomic E-state index is 13.5. The quantitative estimate of drug-likeness (QED) is 0.772. The largest absolute Gasteiger partial charge is 0.324 e. The molecule has 2 aromatic rings. The lowest BCUT2D eigenvalue weighted by atomic mass is 10.2. The monoisotopic (exact) mass is 386 g/mol. The van der Waals surface area contributed by atoms with Gasteiger partial charge in [0.2, 0.25) is 17.7 Å². The van der Waals surface area contributed by atoms with Crippen LogP contribution in [0.1, 0.15) is 18.4 Å². The van der Waals surface area contributed by atoms with E-state index in [2.05, 4.69) is 5.32 Å². The number of benzene rings is 2. The van der Waals surface area contributed by atoms with E-state index in [4.69, 9.17) is 0 Å². The standard InChI is InChI=1S/C20H19FN2O3S/c1-13-6-8-14(9-7-13)23-19(25)12-17(20(23)26)27-11-10-18(24)22-16-5-3-2-4-15(16)21/h2-9,17H,10-12H2,1H3,(H,22,24). The van der Waals surface area contributed by atoms with Crippen LogP contribution < -0.4 is 10.2 Å². The fourth-order valence-corrected chi connectivity index (χ4v) is 3.86. The van der Waals surface area contributed by atoms with Crippen molar-refractivity contribution >= 4 is 40.9 Å². The number of imide groups is 1. The van der Waals surface area contributed by atoms with Gasteiger partial charge in [-0.1, -0.05) is 29.8 Å². The van der Waals surface area contributed by atoms with E-state index in [1.54, 1.807) is 24.3 Å². The third kappa shape index (κ3) is 4.54. The molecule has 1 aliphatic heterocycles. The van der Waals surface area contributed by atoms with Crippen LogP contribution in [-0.2, 0) is 14.4 Å². The topological polar surface area (TPSA) is 66.5 Å². The van der Waals surface area contributed by atoms with Crippen LogP contribution in [-0.4, -0.2) is 28.7 Å². The third-order valence-corrected chi connectivity index (χ3v) is 5.40. The Morgan fingerprint density at radius 1 is 1.19 bits per heavy atom. The van der Waals surface area contributed by atoms with Gasteiger partial charge in [-0.05, 0) is 31.2 Å². The highest BCUT2D eigenvalue weighted by Crippen LogP contribution is 2.30. The van der Waals surface area contributed by atoms with Crippen molar-refractivity contribution in [2.75, 3.05) is 16.0 Å². The molecule has 0 saturated carbocycles. The van der Waals surface area contributed by atoms with Gasteiger partial charge < -0.3 is 5.32 Å². The first-order chi connectivity index (χ1) is 13.0. The molecule has 3 rings (SSSR count). The van der Waals surface area contributed by atoms with Crippen molar-refractivity contribution in [3.63, 3.8) is 0 Å². The maximum absolute atomic E-state index is 13.5. The Hall–Kier alpha value is -2.67. The highest BCUT2D eigenvalue weighted by Gasteiger charge is 2.39. The van der Waals surface area contributed by atoms with Crippen LogP contribution in [0, 0.1) is 12.7 Å². The highest BCUT2D eigenvalue weighted by atomic mass is 32.2. The van der Waals surface area contributed by atoms with E-state index in [1.165, 1.54) is 28.8 Å². The summed E-state index contributed by atoms with van der Waals surface area (Å²) in [5, 5.41) is 2.01. The lowest BCUT2D eigenvalue weighted by Gasteiger charge is -2.15. The number of carbonyl (C=O) groups excluding carboxylic acids is 3. The molecular formula is C20H19FN2O3S. The Balaban J connectivity index is 1.52. The van der Waals surface area contributed by atoms with E-state index in [0.717, 1.165) is 5.56 Å². The number of nitrogens with zero attached hydrogens (tertiary/aromatic N) is 1. The SMILES string of the molecule is Cc1ccc(N2C(=O)CC(SCCC(=O)Nc3ccccc3F)C2=O)cc1. The van der Waals surface area contributed by atoms with E-state index >= 15 is 0 Å². The van der Waals surface area contributed by atoms with Crippen molar-refractivity contribution in [2.24, 2.45) is 0 Å². The van der Waals surface area contributed by atoms with Crippen LogP contribution in [0.4, 0.5) is 15.8 Å². The third-order valence-electron chi connectivity index (χ3n) is 4.19. The molecule has 3 amide bonds. The predicted molar refractivity (Wildman–Crippen MR) is 104 cm³/mol. The number of rotatable bonds is 6. The van der Waals surface area contributed by atoms with Gasteiger partial charge in [-0.2, -0.15) is 0 Å². The second kappa shape index (κ2) is 8.35. The summed E-state index contributed by atoms with van der Waals surface area (Å²) in [6, 6.07) is 13.1. The lowest BCUT2D eigenvalue weighted by Crippen LogP contribution is -2.31. The van der Waals surface area contributed by atoms with Crippen molar-refractivity contribution in [2.45, 2.75) is 25.0 Å². The fraction of sp³-hybridized carbons (Fsp3) is 0.250. The number of halogens is 1. The first-order valence-corrected chi connectivity index (χ1v) is 9.60. The number of thioether (sulfide) groups is 1. The van der Waals surface area contributed by atoms with E-state index < -0.39 is 11.1 Å². The molecule has 7 heteroatoms. The molecule has 2 aromatic carbocycles. The van der Waals surface area contributed by atoms with E-state index in [0.29, 0.717) is 11.4 Å². The average molecular weight is 386 g/mol. The van der Waals surface area contributed by atoms with E-state index in [-0.39, 0.29) is 36.3 Å². The van der Waals surface area contributed by atoms with Gasteiger partial charge in [0.1, 0.15) is 5.82 Å². The van der Waals surface area contributed by atoms with Gasteiger partial charge in [0.15, 0.2) is 0 Å². The number of nitrogens with one attached hydrogen (secondary N) is 1. The summed E-state index contributed by atoms with van der Waals surface area (Å²) in [5.74, 6) is -0.963. The van der Waals surface area contributed by atoms with Gasteiger partial charge in [0.05, 0.1) is 16.6 Å². The van der Waals surface area contributed by atoms with Gasteiger partial charge in [-0.25, -0.2) is 9.29 Å². The van der Waals surface area contributed by atoms with Crippen molar-refractivity contribution < 1.29 is 18.8 Å². The normalized spacial score (nSPS) is 16.7. The Morgan fingerprint density at radius 2 is 1.89 bits per heavy atom. The number of aryl methyl sites for hydroxylation is 1. The van der Waals surface area contributed by atoms with Gasteiger partial charge >= 0.3 is 0 Å². The van der Waals surface area contributed by atoms with Crippen molar-refractivity contribution in [3.05, 3.63) is 59.9 Å². The molecule has 1 aliphatic rings. The highest BCUT2D eigenvalue weighted by molar-refractivity contribution is 8.00. The average Bonchev–Trinajstić information content (AvgIpc) is 2.92. The molecule has 0 bridgehead atoms. The lowest BCUT2D eigenvalue weighted by molar-refractivity contribution is -0.121. The minimum absolute atomic E-state index is 0.117. The summed E-state index contributed by atoms with van der Waals surface area (Å²) in [5.41, 5.74) is 1.74. The summed E-state index contributed by atoms with van der Waals surface area (Å²) < 4.78 is 13.5. The fourth-order valence-electron chi connectivity index (χ4n) is 2.77. The summed E-state index contributed by atoms with van der Waals surface area (Å²) in [6.07, 6.45) is 0.244. The number of carbonyl (C=O) groups is 3. The van der Waals surface area contributed by atoms with Crippen molar-refractivity contribution in [1.82, 2.24) is 0 Å². The molecule has 1 N–H and O–H groups in total. The number of amides is 3.